The number of methoxy groups -OCH3 is 2. The van der Waals surface area contributed by atoms with Gasteiger partial charge >= 0.3 is 5.97 Å². The van der Waals surface area contributed by atoms with Gasteiger partial charge in [0.15, 0.2) is 5.75 Å². The van der Waals surface area contributed by atoms with Crippen molar-refractivity contribution in [1.82, 2.24) is 10.3 Å². The number of carbonyl (C=O) groups excluding carboxylic acids is 1. The molecule has 2 aromatic carbocycles. The number of carboxylic acid groups (broad SMARTS) is 1. The van der Waals surface area contributed by atoms with Crippen molar-refractivity contribution in [2.24, 2.45) is 0 Å². The van der Waals surface area contributed by atoms with E-state index in [-0.39, 0.29) is 24.0 Å². The molecule has 1 unspecified atom stereocenters. The summed E-state index contributed by atoms with van der Waals surface area (Å²) in [6.45, 7) is 3.08. The Bertz CT molecular complexity index is 1370. The molecule has 0 bridgehead atoms. The monoisotopic (exact) mass is 520 g/mol. The van der Waals surface area contributed by atoms with E-state index in [1.807, 2.05) is 37.3 Å². The standard InChI is InChI=1S/C29H32N2O7/c1-4-38-16-18-14-23(36-2)25(24(15-18)37-3)19-11-9-17(10-12-19)13-22(29(34)35)31-28(33)26-27(32)20-7-5-6-8-21(20)30-26/h5-12,14,22,24,30,32H,4,13,15-16H2,1-3H3,(H,31,33)(H,34,35)/t22-,24?/m0/s1. The highest BCUT2D eigenvalue weighted by Crippen LogP contribution is 2.34. The van der Waals surface area contributed by atoms with E-state index in [0.29, 0.717) is 36.3 Å². The highest BCUT2D eigenvalue weighted by molar-refractivity contribution is 6.04. The van der Waals surface area contributed by atoms with Crippen LogP contribution >= 0.6 is 0 Å². The second kappa shape index (κ2) is 12.0. The number of hydrogen-bond donors (Lipinski definition) is 4. The number of ether oxygens (including phenoxy) is 3. The summed E-state index contributed by atoms with van der Waals surface area (Å²) in [6, 6.07) is 13.1. The molecule has 2 atom stereocenters. The number of para-hydroxylation sites is 1. The Balaban J connectivity index is 1.52. The number of amides is 1. The molecule has 0 saturated heterocycles. The molecule has 4 rings (SSSR count). The number of carboxylic acids is 1. The van der Waals surface area contributed by atoms with Crippen LogP contribution in [0.2, 0.25) is 0 Å². The maximum Gasteiger partial charge on any atom is 0.326 e. The van der Waals surface area contributed by atoms with Crippen LogP contribution in [0.1, 0.15) is 35.0 Å². The number of aromatic nitrogens is 1. The van der Waals surface area contributed by atoms with Crippen molar-refractivity contribution in [3.63, 3.8) is 0 Å². The van der Waals surface area contributed by atoms with Crippen molar-refractivity contribution in [2.75, 3.05) is 27.4 Å². The van der Waals surface area contributed by atoms with Crippen molar-refractivity contribution < 1.29 is 34.0 Å². The predicted molar refractivity (Wildman–Crippen MR) is 143 cm³/mol. The molecule has 0 aliphatic heterocycles. The fourth-order valence-electron chi connectivity index (χ4n) is 4.63. The van der Waals surface area contributed by atoms with Gasteiger partial charge in [-0.2, -0.15) is 0 Å². The van der Waals surface area contributed by atoms with E-state index >= 15 is 0 Å². The summed E-state index contributed by atoms with van der Waals surface area (Å²) >= 11 is 0. The minimum atomic E-state index is -1.20. The van der Waals surface area contributed by atoms with Crippen molar-refractivity contribution in [3.05, 3.63) is 82.8 Å². The van der Waals surface area contributed by atoms with Crippen molar-refractivity contribution in [1.29, 1.82) is 0 Å². The zero-order chi connectivity index (χ0) is 27.2. The van der Waals surface area contributed by atoms with Crippen LogP contribution < -0.4 is 5.32 Å². The van der Waals surface area contributed by atoms with Gasteiger partial charge in [-0.25, -0.2) is 4.79 Å². The number of H-pyrrole nitrogens is 1. The Hall–Kier alpha value is -4.08. The lowest BCUT2D eigenvalue weighted by Crippen LogP contribution is -2.42. The molecular formula is C29H32N2O7. The number of hydrogen-bond acceptors (Lipinski definition) is 6. The molecule has 9 nitrogen and oxygen atoms in total. The lowest BCUT2D eigenvalue weighted by atomic mass is 9.88. The second-order valence-corrected chi connectivity index (χ2v) is 9.01. The molecule has 1 amide bonds. The third-order valence-corrected chi connectivity index (χ3v) is 6.58. The van der Waals surface area contributed by atoms with Crippen LogP contribution in [-0.2, 0) is 25.4 Å². The zero-order valence-corrected chi connectivity index (χ0v) is 21.6. The van der Waals surface area contributed by atoms with E-state index in [1.165, 1.54) is 0 Å². The second-order valence-electron chi connectivity index (χ2n) is 9.01. The van der Waals surface area contributed by atoms with Gasteiger partial charge in [-0.05, 0) is 41.8 Å². The zero-order valence-electron chi connectivity index (χ0n) is 21.6. The smallest absolute Gasteiger partial charge is 0.326 e. The van der Waals surface area contributed by atoms with Gasteiger partial charge in [0, 0.05) is 43.0 Å². The quantitative estimate of drug-likeness (QED) is 0.300. The van der Waals surface area contributed by atoms with E-state index in [1.54, 1.807) is 38.5 Å². The predicted octanol–water partition coefficient (Wildman–Crippen LogP) is 4.04. The first-order valence-corrected chi connectivity index (χ1v) is 12.4. The van der Waals surface area contributed by atoms with E-state index < -0.39 is 17.9 Å². The molecule has 0 fully saturated rings. The summed E-state index contributed by atoms with van der Waals surface area (Å²) in [6.07, 6.45) is 2.49. The molecule has 9 heteroatoms. The fourth-order valence-corrected chi connectivity index (χ4v) is 4.63. The van der Waals surface area contributed by atoms with Crippen molar-refractivity contribution in [3.8, 4) is 5.75 Å². The number of allylic oxidation sites excluding steroid dienone is 1. The highest BCUT2D eigenvalue weighted by Gasteiger charge is 2.27. The number of aliphatic carboxylic acids is 1. The molecule has 200 valence electrons. The molecule has 4 N–H and O–H groups in total. The van der Waals surface area contributed by atoms with Gasteiger partial charge in [0.05, 0.1) is 19.8 Å². The minimum absolute atomic E-state index is 0.0602. The van der Waals surface area contributed by atoms with E-state index in [0.717, 1.165) is 22.3 Å². The number of carbonyl (C=O) groups is 2. The number of fused-ring (bicyclic) bond motifs is 1. The maximum atomic E-state index is 12.8. The first-order chi connectivity index (χ1) is 18.4. The maximum absolute atomic E-state index is 12.8. The third-order valence-electron chi connectivity index (χ3n) is 6.58. The van der Waals surface area contributed by atoms with Crippen LogP contribution in [0.25, 0.3) is 16.5 Å². The molecular weight excluding hydrogens is 488 g/mol. The first kappa shape index (κ1) is 27.0. The molecule has 1 aliphatic rings. The molecule has 1 aliphatic carbocycles. The van der Waals surface area contributed by atoms with Crippen LogP contribution in [-0.4, -0.2) is 66.7 Å². The average molecular weight is 521 g/mol. The number of benzene rings is 2. The Morgan fingerprint density at radius 1 is 1.13 bits per heavy atom. The summed E-state index contributed by atoms with van der Waals surface area (Å²) in [5.41, 5.74) is 4.10. The van der Waals surface area contributed by atoms with Gasteiger partial charge in [0.1, 0.15) is 17.5 Å². The molecule has 0 radical (unpaired) electrons. The Morgan fingerprint density at radius 2 is 1.87 bits per heavy atom. The summed E-state index contributed by atoms with van der Waals surface area (Å²) in [5.74, 6) is -1.40. The lowest BCUT2D eigenvalue weighted by Gasteiger charge is -2.27. The Kier molecular flexibility index (Phi) is 8.50. The van der Waals surface area contributed by atoms with Crippen LogP contribution in [0.15, 0.2) is 65.9 Å². The third kappa shape index (κ3) is 5.74. The number of aromatic hydroxyl groups is 1. The van der Waals surface area contributed by atoms with Gasteiger partial charge in [0.25, 0.3) is 5.91 Å². The molecule has 0 saturated carbocycles. The summed E-state index contributed by atoms with van der Waals surface area (Å²) in [4.78, 5) is 27.6. The molecule has 1 aromatic heterocycles. The highest BCUT2D eigenvalue weighted by atomic mass is 16.5. The van der Waals surface area contributed by atoms with Crippen LogP contribution in [0.4, 0.5) is 0 Å². The van der Waals surface area contributed by atoms with Crippen molar-refractivity contribution in [2.45, 2.75) is 31.9 Å². The molecule has 38 heavy (non-hydrogen) atoms. The summed E-state index contributed by atoms with van der Waals surface area (Å²) in [7, 11) is 3.27. The van der Waals surface area contributed by atoms with Crippen molar-refractivity contribution >= 4 is 28.4 Å². The number of rotatable bonds is 11. The fraction of sp³-hybridized carbons (Fsp3) is 0.310. The Labute approximate surface area is 220 Å². The van der Waals surface area contributed by atoms with Crippen LogP contribution in [0.3, 0.4) is 0 Å². The first-order valence-electron chi connectivity index (χ1n) is 12.4. The molecule has 1 heterocycles. The SMILES string of the molecule is CCOCC1=CC(OC)=C(c2ccc(C[C@H](NC(=O)c3[nH]c4ccccc4c3O)C(=O)O)cc2)C(OC)C1. The molecule has 0 spiro atoms. The average Bonchev–Trinajstić information content (AvgIpc) is 3.27. The van der Waals surface area contributed by atoms with Crippen LogP contribution in [0, 0.1) is 0 Å². The summed E-state index contributed by atoms with van der Waals surface area (Å²) in [5, 5.41) is 23.2. The Morgan fingerprint density at radius 3 is 2.50 bits per heavy atom. The normalized spacial score (nSPS) is 16.3. The van der Waals surface area contributed by atoms with Gasteiger partial charge < -0.3 is 34.7 Å². The van der Waals surface area contributed by atoms with E-state index in [9.17, 15) is 19.8 Å². The van der Waals surface area contributed by atoms with Gasteiger partial charge in [-0.3, -0.25) is 4.79 Å². The number of aromatic amines is 1. The lowest BCUT2D eigenvalue weighted by molar-refractivity contribution is -0.139. The summed E-state index contributed by atoms with van der Waals surface area (Å²) < 4.78 is 17.0. The molecule has 3 aromatic rings. The van der Waals surface area contributed by atoms with E-state index in [4.69, 9.17) is 14.2 Å². The van der Waals surface area contributed by atoms with Gasteiger partial charge in [-0.15, -0.1) is 0 Å². The number of nitrogens with one attached hydrogen (secondary N) is 2. The van der Waals surface area contributed by atoms with Gasteiger partial charge in [0.2, 0.25) is 0 Å². The topological polar surface area (TPSA) is 130 Å². The van der Waals surface area contributed by atoms with Gasteiger partial charge in [-0.1, -0.05) is 36.4 Å². The van der Waals surface area contributed by atoms with E-state index in [2.05, 4.69) is 10.3 Å². The minimum Gasteiger partial charge on any atom is -0.505 e. The largest absolute Gasteiger partial charge is 0.505 e. The van der Waals surface area contributed by atoms with Crippen LogP contribution in [0.5, 0.6) is 5.75 Å².